The van der Waals surface area contributed by atoms with Gasteiger partial charge in [0.05, 0.1) is 0 Å². The van der Waals surface area contributed by atoms with E-state index in [2.05, 4.69) is 33.4 Å². The number of halogens is 2. The van der Waals surface area contributed by atoms with Gasteiger partial charge in [-0.05, 0) is 30.5 Å². The highest BCUT2D eigenvalue weighted by molar-refractivity contribution is 9.10. The minimum atomic E-state index is 0. The molecule has 0 spiro atoms. The third-order valence-corrected chi connectivity index (χ3v) is 3.94. The molecular weight excluding hydrogens is 340 g/mol. The lowest BCUT2D eigenvalue weighted by molar-refractivity contribution is -0.130. The van der Waals surface area contributed by atoms with Gasteiger partial charge in [0, 0.05) is 37.1 Å². The van der Waals surface area contributed by atoms with E-state index in [1.807, 2.05) is 17.0 Å². The fourth-order valence-electron chi connectivity index (χ4n) is 2.37. The van der Waals surface area contributed by atoms with Crippen LogP contribution in [0.25, 0.3) is 0 Å². The van der Waals surface area contributed by atoms with Crippen LogP contribution >= 0.6 is 28.3 Å². The highest BCUT2D eigenvalue weighted by Crippen LogP contribution is 2.12. The van der Waals surface area contributed by atoms with E-state index >= 15 is 0 Å². The van der Waals surface area contributed by atoms with Gasteiger partial charge in [0.2, 0.25) is 5.91 Å². The predicted molar refractivity (Wildman–Crippen MR) is 88.1 cm³/mol. The maximum atomic E-state index is 11.8. The average molecular weight is 362 g/mol. The van der Waals surface area contributed by atoms with Crippen LogP contribution in [0.3, 0.4) is 0 Å². The summed E-state index contributed by atoms with van der Waals surface area (Å²) in [6.45, 7) is 3.46. The zero-order chi connectivity index (χ0) is 13.5. The molecule has 1 aromatic carbocycles. The van der Waals surface area contributed by atoms with Gasteiger partial charge in [-0.25, -0.2) is 0 Å². The molecule has 1 aliphatic heterocycles. The van der Waals surface area contributed by atoms with Gasteiger partial charge in [-0.1, -0.05) is 34.5 Å². The van der Waals surface area contributed by atoms with Crippen LogP contribution in [0.1, 0.15) is 31.2 Å². The second-order valence-electron chi connectivity index (χ2n) is 5.00. The highest BCUT2D eigenvalue weighted by Gasteiger charge is 2.15. The molecule has 0 atom stereocenters. The number of carbonyl (C=O) groups is 1. The zero-order valence-electron chi connectivity index (χ0n) is 11.6. The van der Waals surface area contributed by atoms with Gasteiger partial charge in [0.1, 0.15) is 0 Å². The number of nitrogens with zero attached hydrogens (tertiary/aromatic N) is 1. The van der Waals surface area contributed by atoms with E-state index in [1.54, 1.807) is 0 Å². The fourth-order valence-corrected chi connectivity index (χ4v) is 2.82. The Morgan fingerprint density at radius 1 is 1.25 bits per heavy atom. The molecule has 1 saturated heterocycles. The first-order valence-corrected chi connectivity index (χ1v) is 7.78. The van der Waals surface area contributed by atoms with E-state index < -0.39 is 0 Å². The predicted octanol–water partition coefficient (Wildman–Crippen LogP) is 3.36. The van der Waals surface area contributed by atoms with Crippen LogP contribution in [0, 0.1) is 0 Å². The molecule has 0 aliphatic carbocycles. The van der Waals surface area contributed by atoms with Crippen LogP contribution in [0.5, 0.6) is 0 Å². The van der Waals surface area contributed by atoms with E-state index in [0.717, 1.165) is 49.9 Å². The minimum Gasteiger partial charge on any atom is -0.341 e. The lowest BCUT2D eigenvalue weighted by Gasteiger charge is -2.20. The molecule has 1 amide bonds. The Morgan fingerprint density at radius 2 is 2.10 bits per heavy atom. The Morgan fingerprint density at radius 3 is 2.90 bits per heavy atom. The number of carbonyl (C=O) groups excluding carboxylic acids is 1. The normalized spacial score (nSPS) is 15.7. The Labute approximate surface area is 135 Å². The van der Waals surface area contributed by atoms with Gasteiger partial charge in [0.15, 0.2) is 0 Å². The maximum absolute atomic E-state index is 11.8. The summed E-state index contributed by atoms with van der Waals surface area (Å²) in [6, 6.07) is 8.29. The standard InChI is InChI=1S/C15H21BrN2O.ClH/c16-14-6-4-5-13(11-14)12-17-8-10-18-9-3-1-2-7-15(18)19;/h4-6,11,17H,1-3,7-10,12H2;1H. The van der Waals surface area contributed by atoms with Crippen LogP contribution < -0.4 is 5.32 Å². The van der Waals surface area contributed by atoms with Gasteiger partial charge in [-0.15, -0.1) is 12.4 Å². The molecule has 112 valence electrons. The quantitative estimate of drug-likeness (QED) is 0.816. The van der Waals surface area contributed by atoms with Crippen LogP contribution in [0.15, 0.2) is 28.7 Å². The first-order chi connectivity index (χ1) is 9.25. The van der Waals surface area contributed by atoms with Crippen molar-refractivity contribution in [2.45, 2.75) is 32.2 Å². The van der Waals surface area contributed by atoms with E-state index in [-0.39, 0.29) is 12.4 Å². The van der Waals surface area contributed by atoms with Crippen molar-refractivity contribution in [2.75, 3.05) is 19.6 Å². The van der Waals surface area contributed by atoms with Gasteiger partial charge in [0.25, 0.3) is 0 Å². The van der Waals surface area contributed by atoms with Crippen molar-refractivity contribution in [3.63, 3.8) is 0 Å². The summed E-state index contributed by atoms with van der Waals surface area (Å²) in [5, 5.41) is 3.40. The lowest BCUT2D eigenvalue weighted by atomic mass is 10.2. The number of benzene rings is 1. The number of rotatable bonds is 5. The largest absolute Gasteiger partial charge is 0.341 e. The zero-order valence-corrected chi connectivity index (χ0v) is 14.0. The van der Waals surface area contributed by atoms with E-state index in [0.29, 0.717) is 5.91 Å². The van der Waals surface area contributed by atoms with E-state index in [4.69, 9.17) is 0 Å². The van der Waals surface area contributed by atoms with Crippen molar-refractivity contribution < 1.29 is 4.79 Å². The lowest BCUT2D eigenvalue weighted by Crippen LogP contribution is -2.36. The molecule has 3 nitrogen and oxygen atoms in total. The highest BCUT2D eigenvalue weighted by atomic mass is 79.9. The van der Waals surface area contributed by atoms with E-state index in [9.17, 15) is 4.79 Å². The monoisotopic (exact) mass is 360 g/mol. The first-order valence-electron chi connectivity index (χ1n) is 6.98. The fraction of sp³-hybridized carbons (Fsp3) is 0.533. The van der Waals surface area contributed by atoms with E-state index in [1.165, 1.54) is 12.0 Å². The Balaban J connectivity index is 0.00000200. The molecule has 1 aromatic rings. The molecule has 2 rings (SSSR count). The molecule has 0 saturated carbocycles. The molecule has 20 heavy (non-hydrogen) atoms. The Bertz CT molecular complexity index is 428. The SMILES string of the molecule is Cl.O=C1CCCCCN1CCNCc1cccc(Br)c1. The molecule has 5 heteroatoms. The van der Waals surface area contributed by atoms with Gasteiger partial charge in [-0.3, -0.25) is 4.79 Å². The molecule has 1 aliphatic rings. The Hall–Kier alpha value is -0.580. The third kappa shape index (κ3) is 5.81. The minimum absolute atomic E-state index is 0. The van der Waals surface area contributed by atoms with Gasteiger partial charge < -0.3 is 10.2 Å². The van der Waals surface area contributed by atoms with Crippen LogP contribution in [0.4, 0.5) is 0 Å². The number of amides is 1. The summed E-state index contributed by atoms with van der Waals surface area (Å²) < 4.78 is 1.11. The smallest absolute Gasteiger partial charge is 0.222 e. The summed E-state index contributed by atoms with van der Waals surface area (Å²) in [6.07, 6.45) is 4.12. The summed E-state index contributed by atoms with van der Waals surface area (Å²) in [7, 11) is 0. The second kappa shape index (κ2) is 9.37. The average Bonchev–Trinajstić information content (AvgIpc) is 2.60. The summed E-state index contributed by atoms with van der Waals surface area (Å²) in [5.74, 6) is 0.321. The Kier molecular flexibility index (Phi) is 8.19. The number of nitrogens with one attached hydrogen (secondary N) is 1. The van der Waals surface area contributed by atoms with Crippen LogP contribution in [-0.4, -0.2) is 30.4 Å². The number of hydrogen-bond donors (Lipinski definition) is 1. The van der Waals surface area contributed by atoms with Crippen molar-refractivity contribution in [3.8, 4) is 0 Å². The molecule has 1 heterocycles. The van der Waals surface area contributed by atoms with Crippen molar-refractivity contribution in [3.05, 3.63) is 34.3 Å². The molecular formula is C15H22BrClN2O. The molecule has 1 N–H and O–H groups in total. The van der Waals surface area contributed by atoms with Gasteiger partial charge >= 0.3 is 0 Å². The van der Waals surface area contributed by atoms with Crippen LogP contribution in [-0.2, 0) is 11.3 Å². The van der Waals surface area contributed by atoms with Crippen LogP contribution in [0.2, 0.25) is 0 Å². The van der Waals surface area contributed by atoms with Crippen molar-refractivity contribution in [1.82, 2.24) is 10.2 Å². The van der Waals surface area contributed by atoms with Crippen molar-refractivity contribution in [2.24, 2.45) is 0 Å². The summed E-state index contributed by atoms with van der Waals surface area (Å²) in [4.78, 5) is 13.8. The van der Waals surface area contributed by atoms with Gasteiger partial charge in [-0.2, -0.15) is 0 Å². The molecule has 0 bridgehead atoms. The molecule has 1 fully saturated rings. The number of hydrogen-bond acceptors (Lipinski definition) is 2. The molecule has 0 aromatic heterocycles. The maximum Gasteiger partial charge on any atom is 0.222 e. The number of likely N-dealkylation sites (tertiary alicyclic amines) is 1. The van der Waals surface area contributed by atoms with Crippen molar-refractivity contribution in [1.29, 1.82) is 0 Å². The topological polar surface area (TPSA) is 32.3 Å². The summed E-state index contributed by atoms with van der Waals surface area (Å²) in [5.41, 5.74) is 1.26. The summed E-state index contributed by atoms with van der Waals surface area (Å²) >= 11 is 3.47. The van der Waals surface area contributed by atoms with Crippen molar-refractivity contribution >= 4 is 34.2 Å². The molecule has 0 unspecified atom stereocenters. The third-order valence-electron chi connectivity index (χ3n) is 3.45. The second-order valence-corrected chi connectivity index (χ2v) is 5.91. The molecule has 0 radical (unpaired) electrons. The first kappa shape index (κ1) is 17.5.